The zero-order chi connectivity index (χ0) is 16.1. The number of nitrogens with zero attached hydrogens (tertiary/aromatic N) is 1. The molecule has 5 heteroatoms. The third-order valence-corrected chi connectivity index (χ3v) is 3.75. The average Bonchev–Trinajstić information content (AvgIpc) is 2.53. The molecule has 22 heavy (non-hydrogen) atoms. The number of carboxylic acids is 1. The van der Waals surface area contributed by atoms with Gasteiger partial charge in [-0.25, -0.2) is 4.79 Å². The minimum absolute atomic E-state index is 0.106. The van der Waals surface area contributed by atoms with Gasteiger partial charge in [0.25, 0.3) is 5.91 Å². The first-order valence-electron chi connectivity index (χ1n) is 7.71. The SMILES string of the molecule is CC(C)COC1CCN(C(=O)c2cccc(C(=O)O)c2)CC1. The number of ether oxygens (including phenoxy) is 1. The predicted molar refractivity (Wildman–Crippen MR) is 83.1 cm³/mol. The summed E-state index contributed by atoms with van der Waals surface area (Å²) in [5.74, 6) is -0.612. The Morgan fingerprint density at radius 1 is 1.27 bits per heavy atom. The van der Waals surface area contributed by atoms with Crippen molar-refractivity contribution in [1.82, 2.24) is 4.90 Å². The predicted octanol–water partition coefficient (Wildman–Crippen LogP) is 2.66. The Balaban J connectivity index is 1.92. The summed E-state index contributed by atoms with van der Waals surface area (Å²) in [5, 5.41) is 9.00. The first-order chi connectivity index (χ1) is 10.5. The minimum atomic E-state index is -1.02. The van der Waals surface area contributed by atoms with Crippen LogP contribution in [0.5, 0.6) is 0 Å². The van der Waals surface area contributed by atoms with Gasteiger partial charge in [0, 0.05) is 25.3 Å². The fraction of sp³-hybridized carbons (Fsp3) is 0.529. The summed E-state index contributed by atoms with van der Waals surface area (Å²) in [5.41, 5.74) is 0.572. The molecule has 0 spiro atoms. The first kappa shape index (κ1) is 16.5. The van der Waals surface area contributed by atoms with Gasteiger partial charge in [-0.15, -0.1) is 0 Å². The highest BCUT2D eigenvalue weighted by molar-refractivity contribution is 5.97. The number of carbonyl (C=O) groups excluding carboxylic acids is 1. The molecule has 0 radical (unpaired) electrons. The Kier molecular flexibility index (Phi) is 5.55. The summed E-state index contributed by atoms with van der Waals surface area (Å²) < 4.78 is 5.81. The zero-order valence-corrected chi connectivity index (χ0v) is 13.1. The molecule has 1 saturated heterocycles. The van der Waals surface area contributed by atoms with Crippen molar-refractivity contribution < 1.29 is 19.4 Å². The van der Waals surface area contributed by atoms with Gasteiger partial charge in [-0.3, -0.25) is 4.79 Å². The van der Waals surface area contributed by atoms with Crippen molar-refractivity contribution in [2.75, 3.05) is 19.7 Å². The second-order valence-corrected chi connectivity index (χ2v) is 6.10. The number of likely N-dealkylation sites (tertiary alicyclic amines) is 1. The van der Waals surface area contributed by atoms with E-state index in [1.165, 1.54) is 12.1 Å². The van der Waals surface area contributed by atoms with E-state index in [2.05, 4.69) is 13.8 Å². The molecule has 5 nitrogen and oxygen atoms in total. The molecule has 1 amide bonds. The highest BCUT2D eigenvalue weighted by Gasteiger charge is 2.24. The smallest absolute Gasteiger partial charge is 0.335 e. The van der Waals surface area contributed by atoms with Crippen LogP contribution in [0.1, 0.15) is 47.4 Å². The lowest BCUT2D eigenvalue weighted by molar-refractivity contribution is -0.00231. The van der Waals surface area contributed by atoms with Crippen LogP contribution in [0.15, 0.2) is 24.3 Å². The van der Waals surface area contributed by atoms with E-state index in [1.807, 2.05) is 0 Å². The second-order valence-electron chi connectivity index (χ2n) is 6.10. The maximum absolute atomic E-state index is 12.4. The van der Waals surface area contributed by atoms with E-state index in [-0.39, 0.29) is 17.6 Å². The molecule has 0 aliphatic carbocycles. The Morgan fingerprint density at radius 3 is 2.50 bits per heavy atom. The molecular weight excluding hydrogens is 282 g/mol. The number of piperidine rings is 1. The Labute approximate surface area is 130 Å². The average molecular weight is 305 g/mol. The van der Waals surface area contributed by atoms with Crippen LogP contribution < -0.4 is 0 Å². The van der Waals surface area contributed by atoms with Crippen molar-refractivity contribution in [3.05, 3.63) is 35.4 Å². The molecule has 1 aromatic rings. The zero-order valence-electron chi connectivity index (χ0n) is 13.1. The number of amides is 1. The third kappa shape index (κ3) is 4.31. The number of carboxylic acid groups (broad SMARTS) is 1. The van der Waals surface area contributed by atoms with Crippen LogP contribution in [0.3, 0.4) is 0 Å². The third-order valence-electron chi connectivity index (χ3n) is 3.75. The Hall–Kier alpha value is -1.88. The number of aromatic carboxylic acids is 1. The minimum Gasteiger partial charge on any atom is -0.478 e. The van der Waals surface area contributed by atoms with Crippen molar-refractivity contribution in [3.63, 3.8) is 0 Å². The summed E-state index contributed by atoms with van der Waals surface area (Å²) in [7, 11) is 0. The van der Waals surface area contributed by atoms with Gasteiger partial charge in [-0.1, -0.05) is 19.9 Å². The van der Waals surface area contributed by atoms with Crippen molar-refractivity contribution in [1.29, 1.82) is 0 Å². The molecule has 1 aromatic carbocycles. The van der Waals surface area contributed by atoms with Gasteiger partial charge in [0.05, 0.1) is 11.7 Å². The Morgan fingerprint density at radius 2 is 1.91 bits per heavy atom. The van der Waals surface area contributed by atoms with Crippen LogP contribution >= 0.6 is 0 Å². The summed E-state index contributed by atoms with van der Waals surface area (Å²) in [4.78, 5) is 25.2. The van der Waals surface area contributed by atoms with Crippen LogP contribution in [-0.4, -0.2) is 47.7 Å². The maximum Gasteiger partial charge on any atom is 0.335 e. The Bertz CT molecular complexity index is 533. The fourth-order valence-corrected chi connectivity index (χ4v) is 2.52. The van der Waals surface area contributed by atoms with Crippen molar-refractivity contribution in [2.45, 2.75) is 32.8 Å². The number of benzene rings is 1. The standard InChI is InChI=1S/C17H23NO4/c1-12(2)11-22-15-6-8-18(9-7-15)16(19)13-4-3-5-14(10-13)17(20)21/h3-5,10,12,15H,6-9,11H2,1-2H3,(H,20,21). The van der Waals surface area contributed by atoms with Gasteiger partial charge >= 0.3 is 5.97 Å². The van der Waals surface area contributed by atoms with Crippen LogP contribution in [0.2, 0.25) is 0 Å². The quantitative estimate of drug-likeness (QED) is 0.908. The van der Waals surface area contributed by atoms with E-state index in [1.54, 1.807) is 17.0 Å². The largest absolute Gasteiger partial charge is 0.478 e. The molecular formula is C17H23NO4. The molecule has 2 rings (SSSR count). The van der Waals surface area contributed by atoms with Gasteiger partial charge in [0.2, 0.25) is 0 Å². The second kappa shape index (κ2) is 7.40. The van der Waals surface area contributed by atoms with Gasteiger partial charge < -0.3 is 14.7 Å². The molecule has 0 atom stereocenters. The number of carbonyl (C=O) groups is 2. The van der Waals surface area contributed by atoms with Crippen LogP contribution in [0.25, 0.3) is 0 Å². The van der Waals surface area contributed by atoms with Crippen LogP contribution in [0, 0.1) is 5.92 Å². The maximum atomic E-state index is 12.4. The van der Waals surface area contributed by atoms with Gasteiger partial charge in [0.15, 0.2) is 0 Å². The molecule has 0 aromatic heterocycles. The monoisotopic (exact) mass is 305 g/mol. The van der Waals surface area contributed by atoms with Crippen molar-refractivity contribution in [2.24, 2.45) is 5.92 Å². The summed E-state index contributed by atoms with van der Waals surface area (Å²) in [6, 6.07) is 6.20. The van der Waals surface area contributed by atoms with Crippen LogP contribution in [0.4, 0.5) is 0 Å². The lowest BCUT2D eigenvalue weighted by Crippen LogP contribution is -2.41. The van der Waals surface area contributed by atoms with E-state index >= 15 is 0 Å². The summed E-state index contributed by atoms with van der Waals surface area (Å²) in [6.45, 7) is 6.29. The molecule has 0 saturated carbocycles. The normalized spacial score (nSPS) is 16.0. The highest BCUT2D eigenvalue weighted by Crippen LogP contribution is 2.17. The highest BCUT2D eigenvalue weighted by atomic mass is 16.5. The van der Waals surface area contributed by atoms with E-state index in [9.17, 15) is 9.59 Å². The molecule has 120 valence electrons. The fourth-order valence-electron chi connectivity index (χ4n) is 2.52. The molecule has 0 bridgehead atoms. The number of hydrogen-bond donors (Lipinski definition) is 1. The van der Waals surface area contributed by atoms with E-state index in [0.717, 1.165) is 19.4 Å². The topological polar surface area (TPSA) is 66.8 Å². The molecule has 1 fully saturated rings. The van der Waals surface area contributed by atoms with E-state index in [0.29, 0.717) is 24.6 Å². The lowest BCUT2D eigenvalue weighted by atomic mass is 10.0. The summed E-state index contributed by atoms with van der Waals surface area (Å²) in [6.07, 6.45) is 1.88. The number of hydrogen-bond acceptors (Lipinski definition) is 3. The van der Waals surface area contributed by atoms with Gasteiger partial charge in [0.1, 0.15) is 0 Å². The molecule has 1 heterocycles. The van der Waals surface area contributed by atoms with E-state index < -0.39 is 5.97 Å². The van der Waals surface area contributed by atoms with Gasteiger partial charge in [-0.2, -0.15) is 0 Å². The van der Waals surface area contributed by atoms with Crippen LogP contribution in [-0.2, 0) is 4.74 Å². The van der Waals surface area contributed by atoms with Crippen molar-refractivity contribution in [3.8, 4) is 0 Å². The van der Waals surface area contributed by atoms with E-state index in [4.69, 9.17) is 9.84 Å². The van der Waals surface area contributed by atoms with Crippen molar-refractivity contribution >= 4 is 11.9 Å². The molecule has 1 aliphatic heterocycles. The summed E-state index contributed by atoms with van der Waals surface area (Å²) >= 11 is 0. The lowest BCUT2D eigenvalue weighted by Gasteiger charge is -2.32. The molecule has 1 N–H and O–H groups in total. The first-order valence-corrected chi connectivity index (χ1v) is 7.71. The van der Waals surface area contributed by atoms with Gasteiger partial charge in [-0.05, 0) is 37.0 Å². The molecule has 1 aliphatic rings. The number of rotatable bonds is 5. The molecule has 0 unspecified atom stereocenters.